The number of anilines is 1. The van der Waals surface area contributed by atoms with E-state index in [4.69, 9.17) is 5.73 Å². The van der Waals surface area contributed by atoms with Crippen molar-refractivity contribution in [3.63, 3.8) is 0 Å². The molecule has 0 saturated carbocycles. The summed E-state index contributed by atoms with van der Waals surface area (Å²) < 4.78 is 13.3. The van der Waals surface area contributed by atoms with Crippen molar-refractivity contribution in [3.8, 4) is 11.4 Å². The van der Waals surface area contributed by atoms with E-state index in [0.29, 0.717) is 22.8 Å². The van der Waals surface area contributed by atoms with Crippen molar-refractivity contribution in [2.24, 2.45) is 0 Å². The number of aryl methyl sites for hydroxylation is 1. The second-order valence-electron chi connectivity index (χ2n) is 3.27. The van der Waals surface area contributed by atoms with Gasteiger partial charge in [-0.15, -0.1) is 0 Å². The normalized spacial score (nSPS) is 10.3. The van der Waals surface area contributed by atoms with Gasteiger partial charge in [-0.2, -0.15) is 0 Å². The molecule has 2 aromatic rings. The van der Waals surface area contributed by atoms with E-state index in [0.717, 1.165) is 0 Å². The van der Waals surface area contributed by atoms with Crippen LogP contribution in [0.2, 0.25) is 0 Å². The Morgan fingerprint density at radius 2 is 2.07 bits per heavy atom. The monoisotopic (exact) mass is 203 g/mol. The zero-order valence-corrected chi connectivity index (χ0v) is 8.24. The van der Waals surface area contributed by atoms with E-state index < -0.39 is 0 Å². The number of nitrogens with two attached hydrogens (primary N) is 1. The lowest BCUT2D eigenvalue weighted by Gasteiger charge is -2.02. The average Bonchev–Trinajstić information content (AvgIpc) is 2.22. The van der Waals surface area contributed by atoms with Crippen LogP contribution in [-0.4, -0.2) is 9.97 Å². The maximum atomic E-state index is 13.3. The molecule has 4 heteroatoms. The first-order chi connectivity index (χ1) is 7.16. The molecule has 1 heterocycles. The second kappa shape index (κ2) is 3.65. The van der Waals surface area contributed by atoms with Crippen molar-refractivity contribution in [2.45, 2.75) is 6.92 Å². The number of halogens is 1. The van der Waals surface area contributed by atoms with Gasteiger partial charge in [-0.3, -0.25) is 0 Å². The van der Waals surface area contributed by atoms with Crippen LogP contribution in [0.5, 0.6) is 0 Å². The van der Waals surface area contributed by atoms with Gasteiger partial charge in [0, 0.05) is 11.8 Å². The Bertz CT molecular complexity index is 497. The van der Waals surface area contributed by atoms with Crippen molar-refractivity contribution in [1.29, 1.82) is 0 Å². The van der Waals surface area contributed by atoms with Crippen molar-refractivity contribution in [3.05, 3.63) is 41.8 Å². The summed E-state index contributed by atoms with van der Waals surface area (Å²) in [5.41, 5.74) is 6.75. The first-order valence-corrected chi connectivity index (χ1v) is 4.52. The standard InChI is InChI=1S/C11H10FN3/c1-7-2-3-8(6-9(7)12)11-14-5-4-10(13)15-11/h2-6H,1H3,(H2,13,14,15). The maximum absolute atomic E-state index is 13.3. The van der Waals surface area contributed by atoms with Crippen molar-refractivity contribution < 1.29 is 4.39 Å². The van der Waals surface area contributed by atoms with E-state index in [1.807, 2.05) is 0 Å². The molecule has 0 spiro atoms. The SMILES string of the molecule is Cc1ccc(-c2nccc(N)n2)cc1F. The van der Waals surface area contributed by atoms with Crippen LogP contribution < -0.4 is 5.73 Å². The molecule has 2 N–H and O–H groups in total. The summed E-state index contributed by atoms with van der Waals surface area (Å²) in [5.74, 6) is 0.549. The Hall–Kier alpha value is -1.97. The summed E-state index contributed by atoms with van der Waals surface area (Å²) in [6.45, 7) is 1.71. The van der Waals surface area contributed by atoms with Gasteiger partial charge in [-0.05, 0) is 24.6 Å². The first-order valence-electron chi connectivity index (χ1n) is 4.52. The zero-order chi connectivity index (χ0) is 10.8. The Morgan fingerprint density at radius 1 is 1.27 bits per heavy atom. The number of hydrogen-bond acceptors (Lipinski definition) is 3. The van der Waals surface area contributed by atoms with Gasteiger partial charge < -0.3 is 5.73 Å². The lowest BCUT2D eigenvalue weighted by atomic mass is 10.1. The molecule has 2 rings (SSSR count). The van der Waals surface area contributed by atoms with Gasteiger partial charge in [0.05, 0.1) is 0 Å². The fraction of sp³-hybridized carbons (Fsp3) is 0.0909. The molecule has 3 nitrogen and oxygen atoms in total. The summed E-state index contributed by atoms with van der Waals surface area (Å²) in [7, 11) is 0. The Labute approximate surface area is 86.8 Å². The molecule has 0 unspecified atom stereocenters. The number of nitrogen functional groups attached to an aromatic ring is 1. The van der Waals surface area contributed by atoms with E-state index in [9.17, 15) is 4.39 Å². The van der Waals surface area contributed by atoms with E-state index in [1.165, 1.54) is 6.07 Å². The molecule has 0 saturated heterocycles. The van der Waals surface area contributed by atoms with Crippen LogP contribution >= 0.6 is 0 Å². The molecule has 0 aliphatic carbocycles. The molecule has 0 bridgehead atoms. The highest BCUT2D eigenvalue weighted by atomic mass is 19.1. The highest BCUT2D eigenvalue weighted by molar-refractivity contribution is 5.56. The number of aromatic nitrogens is 2. The van der Waals surface area contributed by atoms with Crippen LogP contribution in [0.3, 0.4) is 0 Å². The van der Waals surface area contributed by atoms with Gasteiger partial charge in [0.1, 0.15) is 11.6 Å². The summed E-state index contributed by atoms with van der Waals surface area (Å²) in [6, 6.07) is 6.46. The third-order valence-corrected chi connectivity index (χ3v) is 2.11. The molecule has 0 amide bonds. The molecular weight excluding hydrogens is 193 g/mol. The molecule has 0 aliphatic heterocycles. The number of hydrogen-bond donors (Lipinski definition) is 1. The van der Waals surface area contributed by atoms with Crippen LogP contribution in [0.1, 0.15) is 5.56 Å². The molecular formula is C11H10FN3. The summed E-state index contributed by atoms with van der Waals surface area (Å²) in [4.78, 5) is 8.04. The topological polar surface area (TPSA) is 51.8 Å². The van der Waals surface area contributed by atoms with Gasteiger partial charge in [0.25, 0.3) is 0 Å². The molecule has 1 aromatic heterocycles. The Kier molecular flexibility index (Phi) is 2.33. The smallest absolute Gasteiger partial charge is 0.161 e. The van der Waals surface area contributed by atoms with Gasteiger partial charge >= 0.3 is 0 Å². The van der Waals surface area contributed by atoms with Crippen LogP contribution in [0.15, 0.2) is 30.5 Å². The highest BCUT2D eigenvalue weighted by Crippen LogP contribution is 2.18. The molecule has 0 radical (unpaired) electrons. The van der Waals surface area contributed by atoms with E-state index in [1.54, 1.807) is 31.3 Å². The molecule has 0 aliphatic rings. The first kappa shape index (κ1) is 9.58. The molecule has 1 aromatic carbocycles. The van der Waals surface area contributed by atoms with Gasteiger partial charge in [0.15, 0.2) is 5.82 Å². The Balaban J connectivity index is 2.50. The summed E-state index contributed by atoms with van der Waals surface area (Å²) >= 11 is 0. The lowest BCUT2D eigenvalue weighted by molar-refractivity contribution is 0.619. The predicted molar refractivity (Wildman–Crippen MR) is 56.6 cm³/mol. The molecule has 0 atom stereocenters. The van der Waals surface area contributed by atoms with E-state index in [2.05, 4.69) is 9.97 Å². The van der Waals surface area contributed by atoms with Crippen LogP contribution in [0.4, 0.5) is 10.2 Å². The fourth-order valence-corrected chi connectivity index (χ4v) is 1.24. The van der Waals surface area contributed by atoms with Crippen LogP contribution in [0.25, 0.3) is 11.4 Å². The van der Waals surface area contributed by atoms with Gasteiger partial charge in [-0.25, -0.2) is 14.4 Å². The fourth-order valence-electron chi connectivity index (χ4n) is 1.24. The number of benzene rings is 1. The van der Waals surface area contributed by atoms with Gasteiger partial charge in [-0.1, -0.05) is 12.1 Å². The third-order valence-electron chi connectivity index (χ3n) is 2.11. The maximum Gasteiger partial charge on any atom is 0.161 e. The molecule has 15 heavy (non-hydrogen) atoms. The predicted octanol–water partition coefficient (Wildman–Crippen LogP) is 2.17. The van der Waals surface area contributed by atoms with E-state index >= 15 is 0 Å². The quantitative estimate of drug-likeness (QED) is 0.772. The van der Waals surface area contributed by atoms with Crippen molar-refractivity contribution in [1.82, 2.24) is 9.97 Å². The minimum absolute atomic E-state index is 0.265. The number of nitrogens with zero attached hydrogens (tertiary/aromatic N) is 2. The minimum atomic E-state index is -0.265. The van der Waals surface area contributed by atoms with E-state index in [-0.39, 0.29) is 5.82 Å². The molecule has 0 fully saturated rings. The third kappa shape index (κ3) is 1.93. The lowest BCUT2D eigenvalue weighted by Crippen LogP contribution is -1.95. The highest BCUT2D eigenvalue weighted by Gasteiger charge is 2.04. The number of rotatable bonds is 1. The summed E-state index contributed by atoms with van der Waals surface area (Å²) in [5, 5.41) is 0. The van der Waals surface area contributed by atoms with Gasteiger partial charge in [0.2, 0.25) is 0 Å². The van der Waals surface area contributed by atoms with Crippen LogP contribution in [0, 0.1) is 12.7 Å². The van der Waals surface area contributed by atoms with Crippen molar-refractivity contribution in [2.75, 3.05) is 5.73 Å². The largest absolute Gasteiger partial charge is 0.384 e. The Morgan fingerprint density at radius 3 is 2.73 bits per heavy atom. The zero-order valence-electron chi connectivity index (χ0n) is 8.24. The summed E-state index contributed by atoms with van der Waals surface area (Å²) in [6.07, 6.45) is 1.55. The average molecular weight is 203 g/mol. The minimum Gasteiger partial charge on any atom is -0.384 e. The van der Waals surface area contributed by atoms with Crippen molar-refractivity contribution >= 4 is 5.82 Å². The van der Waals surface area contributed by atoms with Crippen LogP contribution in [-0.2, 0) is 0 Å². The second-order valence-corrected chi connectivity index (χ2v) is 3.27. The molecule has 76 valence electrons.